The Bertz CT molecular complexity index is 1330. The van der Waals surface area contributed by atoms with Gasteiger partial charge in [-0.25, -0.2) is 4.98 Å². The number of pyridine rings is 2. The van der Waals surface area contributed by atoms with Gasteiger partial charge in [0.2, 0.25) is 0 Å². The molecule has 1 saturated carbocycles. The number of aryl methyl sites for hydroxylation is 1. The van der Waals surface area contributed by atoms with Gasteiger partial charge in [0, 0.05) is 41.5 Å². The van der Waals surface area contributed by atoms with Crippen LogP contribution in [0.15, 0.2) is 66.9 Å². The van der Waals surface area contributed by atoms with Crippen molar-refractivity contribution in [1.29, 1.82) is 0 Å². The van der Waals surface area contributed by atoms with Crippen LogP contribution in [0, 0.1) is 0 Å². The summed E-state index contributed by atoms with van der Waals surface area (Å²) in [6.45, 7) is 0. The highest BCUT2D eigenvalue weighted by Gasteiger charge is 2.43. The van der Waals surface area contributed by atoms with Crippen molar-refractivity contribution in [1.82, 2.24) is 19.5 Å². The second-order valence-corrected chi connectivity index (χ2v) is 7.41. The summed E-state index contributed by atoms with van der Waals surface area (Å²) in [6.07, 6.45) is 2.94. The molecule has 1 aliphatic carbocycles. The maximum absolute atomic E-state index is 5.04. The first kappa shape index (κ1) is 14.9. The second-order valence-electron chi connectivity index (χ2n) is 7.41. The lowest BCUT2D eigenvalue weighted by Crippen LogP contribution is -1.97. The molecule has 1 aliphatic rings. The molecule has 2 atom stereocenters. The first-order valence-electron chi connectivity index (χ1n) is 9.35. The van der Waals surface area contributed by atoms with Crippen molar-refractivity contribution in [3.05, 3.63) is 78.4 Å². The number of nitrogens with zero attached hydrogens (tertiary/aromatic N) is 4. The van der Waals surface area contributed by atoms with Gasteiger partial charge < -0.3 is 4.57 Å². The van der Waals surface area contributed by atoms with Crippen molar-refractivity contribution in [3.8, 4) is 0 Å². The van der Waals surface area contributed by atoms with Gasteiger partial charge in [0.15, 0.2) is 0 Å². The van der Waals surface area contributed by atoms with Crippen LogP contribution in [0.3, 0.4) is 0 Å². The van der Waals surface area contributed by atoms with Crippen LogP contribution in [-0.4, -0.2) is 19.5 Å². The molecule has 6 rings (SSSR count). The molecule has 130 valence electrons. The average molecular weight is 350 g/mol. The maximum atomic E-state index is 5.04. The standard InChI is InChI=1S/C23H18N4/c1-27-21-11-10-19-15(6-4-12-24-19)22(21)26-23(27)17-13-16(17)20-9-8-14-5-2-3-7-18(14)25-20/h2-12,16-17H,13H2,1H3. The molecule has 2 aromatic carbocycles. The molecule has 4 heteroatoms. The van der Waals surface area contributed by atoms with E-state index >= 15 is 0 Å². The highest BCUT2D eigenvalue weighted by atomic mass is 15.1. The number of imidazole rings is 1. The number of hydrogen-bond acceptors (Lipinski definition) is 3. The third-order valence-corrected chi connectivity index (χ3v) is 5.79. The zero-order valence-electron chi connectivity index (χ0n) is 15.0. The third kappa shape index (κ3) is 2.19. The van der Waals surface area contributed by atoms with E-state index in [0.29, 0.717) is 11.8 Å². The van der Waals surface area contributed by atoms with Gasteiger partial charge in [-0.05, 0) is 42.8 Å². The largest absolute Gasteiger partial charge is 0.331 e. The molecule has 4 nitrogen and oxygen atoms in total. The fourth-order valence-electron chi connectivity index (χ4n) is 4.25. The van der Waals surface area contributed by atoms with Crippen molar-refractivity contribution in [2.24, 2.45) is 7.05 Å². The van der Waals surface area contributed by atoms with E-state index in [1.807, 2.05) is 18.3 Å². The SMILES string of the molecule is Cn1c(C2CC2c2ccc3ccccc3n2)nc2c3cccnc3ccc21. The maximum Gasteiger partial charge on any atom is 0.113 e. The fourth-order valence-corrected chi connectivity index (χ4v) is 4.25. The van der Waals surface area contributed by atoms with Gasteiger partial charge in [-0.2, -0.15) is 0 Å². The lowest BCUT2D eigenvalue weighted by Gasteiger charge is -2.04. The molecule has 5 aromatic rings. The summed E-state index contributed by atoms with van der Waals surface area (Å²) < 4.78 is 2.24. The Hall–Kier alpha value is -3.27. The zero-order chi connectivity index (χ0) is 18.0. The number of aromatic nitrogens is 4. The molecule has 0 saturated heterocycles. The lowest BCUT2D eigenvalue weighted by molar-refractivity contribution is 0.800. The van der Waals surface area contributed by atoms with Gasteiger partial charge >= 0.3 is 0 Å². The van der Waals surface area contributed by atoms with E-state index in [1.54, 1.807) is 0 Å². The molecule has 3 heterocycles. The van der Waals surface area contributed by atoms with E-state index in [4.69, 9.17) is 9.97 Å². The van der Waals surface area contributed by atoms with E-state index in [0.717, 1.165) is 34.2 Å². The van der Waals surface area contributed by atoms with Crippen LogP contribution in [0.1, 0.15) is 29.8 Å². The normalized spacial score (nSPS) is 19.1. The van der Waals surface area contributed by atoms with Crippen molar-refractivity contribution in [2.75, 3.05) is 0 Å². The number of benzene rings is 2. The van der Waals surface area contributed by atoms with Crippen molar-refractivity contribution >= 4 is 32.8 Å². The van der Waals surface area contributed by atoms with Crippen molar-refractivity contribution < 1.29 is 0 Å². The predicted octanol–water partition coefficient (Wildman–Crippen LogP) is 4.94. The monoisotopic (exact) mass is 350 g/mol. The number of para-hydroxylation sites is 1. The molecule has 0 bridgehead atoms. The quantitative estimate of drug-likeness (QED) is 0.453. The Morgan fingerprint density at radius 3 is 2.74 bits per heavy atom. The first-order chi connectivity index (χ1) is 13.3. The van der Waals surface area contributed by atoms with Crippen LogP contribution in [0.2, 0.25) is 0 Å². The molecule has 0 spiro atoms. The first-order valence-corrected chi connectivity index (χ1v) is 9.35. The van der Waals surface area contributed by atoms with Crippen molar-refractivity contribution in [2.45, 2.75) is 18.3 Å². The summed E-state index contributed by atoms with van der Waals surface area (Å²) in [6, 6.07) is 21.0. The van der Waals surface area contributed by atoms with Gasteiger partial charge in [0.25, 0.3) is 0 Å². The van der Waals surface area contributed by atoms with Crippen LogP contribution in [0.5, 0.6) is 0 Å². The van der Waals surface area contributed by atoms with Crippen LogP contribution < -0.4 is 0 Å². The molecular weight excluding hydrogens is 332 g/mol. The summed E-state index contributed by atoms with van der Waals surface area (Å²) in [4.78, 5) is 14.4. The van der Waals surface area contributed by atoms with Crippen LogP contribution in [0.4, 0.5) is 0 Å². The van der Waals surface area contributed by atoms with Gasteiger partial charge in [-0.3, -0.25) is 9.97 Å². The van der Waals surface area contributed by atoms with E-state index < -0.39 is 0 Å². The lowest BCUT2D eigenvalue weighted by atomic mass is 10.1. The molecular formula is C23H18N4. The average Bonchev–Trinajstić information content (AvgIpc) is 3.44. The zero-order valence-corrected chi connectivity index (χ0v) is 15.0. The second kappa shape index (κ2) is 5.36. The Labute approximate surface area is 156 Å². The Morgan fingerprint density at radius 1 is 0.852 bits per heavy atom. The molecule has 0 N–H and O–H groups in total. The van der Waals surface area contributed by atoms with Crippen molar-refractivity contribution in [3.63, 3.8) is 0 Å². The smallest absolute Gasteiger partial charge is 0.113 e. The Morgan fingerprint density at radius 2 is 1.78 bits per heavy atom. The minimum atomic E-state index is 0.433. The third-order valence-electron chi connectivity index (χ3n) is 5.79. The van der Waals surface area contributed by atoms with E-state index in [2.05, 4.69) is 65.1 Å². The highest BCUT2D eigenvalue weighted by Crippen LogP contribution is 2.54. The number of hydrogen-bond donors (Lipinski definition) is 0. The summed E-state index contributed by atoms with van der Waals surface area (Å²) in [7, 11) is 2.12. The molecule has 0 radical (unpaired) electrons. The highest BCUT2D eigenvalue weighted by molar-refractivity contribution is 6.02. The Balaban J connectivity index is 1.43. The minimum absolute atomic E-state index is 0.433. The van der Waals surface area contributed by atoms with Gasteiger partial charge in [0.05, 0.1) is 22.1 Å². The number of fused-ring (bicyclic) bond motifs is 4. The van der Waals surface area contributed by atoms with Gasteiger partial charge in [-0.1, -0.05) is 24.3 Å². The van der Waals surface area contributed by atoms with E-state index in [-0.39, 0.29) is 0 Å². The van der Waals surface area contributed by atoms with E-state index in [9.17, 15) is 0 Å². The molecule has 27 heavy (non-hydrogen) atoms. The fraction of sp³-hybridized carbons (Fsp3) is 0.174. The van der Waals surface area contributed by atoms with Crippen LogP contribution in [-0.2, 0) is 7.05 Å². The van der Waals surface area contributed by atoms with E-state index in [1.165, 1.54) is 16.6 Å². The topological polar surface area (TPSA) is 43.6 Å². The molecule has 2 unspecified atom stereocenters. The Kier molecular flexibility index (Phi) is 2.95. The van der Waals surface area contributed by atoms with Gasteiger partial charge in [-0.15, -0.1) is 0 Å². The summed E-state index contributed by atoms with van der Waals surface area (Å²) in [5.41, 5.74) is 5.47. The summed E-state index contributed by atoms with van der Waals surface area (Å²) in [5, 5.41) is 2.32. The van der Waals surface area contributed by atoms with Gasteiger partial charge in [0.1, 0.15) is 5.82 Å². The molecule has 1 fully saturated rings. The van der Waals surface area contributed by atoms with Crippen LogP contribution >= 0.6 is 0 Å². The summed E-state index contributed by atoms with van der Waals surface area (Å²) in [5.74, 6) is 2.04. The number of rotatable bonds is 2. The van der Waals surface area contributed by atoms with Crippen LogP contribution in [0.25, 0.3) is 32.8 Å². The molecule has 0 aliphatic heterocycles. The summed E-state index contributed by atoms with van der Waals surface area (Å²) >= 11 is 0. The molecule has 3 aromatic heterocycles. The molecule has 0 amide bonds. The predicted molar refractivity (Wildman–Crippen MR) is 108 cm³/mol. The minimum Gasteiger partial charge on any atom is -0.331 e.